The van der Waals surface area contributed by atoms with Crippen molar-refractivity contribution in [3.05, 3.63) is 113 Å². The number of rotatable bonds is 8. The Morgan fingerprint density at radius 1 is 0.878 bits per heavy atom. The van der Waals surface area contributed by atoms with Crippen LogP contribution in [0.15, 0.2) is 85.2 Å². The maximum absolute atomic E-state index is 13.3. The number of aryl methyl sites for hydroxylation is 1. The Morgan fingerprint density at radius 3 is 2.32 bits per heavy atom. The van der Waals surface area contributed by atoms with Gasteiger partial charge >= 0.3 is 0 Å². The topological polar surface area (TPSA) is 93.7 Å². The predicted molar refractivity (Wildman–Crippen MR) is 159 cm³/mol. The Balaban J connectivity index is 1.36. The van der Waals surface area contributed by atoms with E-state index in [9.17, 15) is 9.59 Å². The smallest absolute Gasteiger partial charge is 0.266 e. The van der Waals surface area contributed by atoms with Gasteiger partial charge in [-0.25, -0.2) is 4.90 Å². The average Bonchev–Trinajstić information content (AvgIpc) is 3.24. The molecule has 9 heteroatoms. The standard InChI is InChI=1S/C32H25ClN4O4/c1-3-40-29-16-26-24(15-27(29)37-31(38)22-9-4-5-10-23(22)32(37)39)30(19(2)17-35-26)36-20-11-12-28(25(33)14-20)41-18-21-8-6-7-13-34-21/h4-17H,3,18H2,1-2H3,(H,35,36). The summed E-state index contributed by atoms with van der Waals surface area (Å²) < 4.78 is 11.7. The molecule has 6 rings (SSSR count). The first kappa shape index (κ1) is 26.3. The lowest BCUT2D eigenvalue weighted by Gasteiger charge is -2.21. The second kappa shape index (κ2) is 10.9. The van der Waals surface area contributed by atoms with Gasteiger partial charge in [-0.3, -0.25) is 19.6 Å². The van der Waals surface area contributed by atoms with Gasteiger partial charge in [0.25, 0.3) is 11.8 Å². The molecular formula is C32H25ClN4O4. The fraction of sp³-hybridized carbons (Fsp3) is 0.125. The molecule has 1 aliphatic rings. The molecule has 0 unspecified atom stereocenters. The van der Waals surface area contributed by atoms with Crippen LogP contribution in [0.2, 0.25) is 5.02 Å². The predicted octanol–water partition coefficient (Wildman–Crippen LogP) is 7.11. The van der Waals surface area contributed by atoms with Crippen molar-refractivity contribution < 1.29 is 19.1 Å². The van der Waals surface area contributed by atoms with E-state index in [4.69, 9.17) is 21.1 Å². The lowest BCUT2D eigenvalue weighted by atomic mass is 10.1. The van der Waals surface area contributed by atoms with Crippen molar-refractivity contribution in [2.24, 2.45) is 0 Å². The molecule has 0 bridgehead atoms. The molecule has 0 aliphatic carbocycles. The van der Waals surface area contributed by atoms with Crippen molar-refractivity contribution in [3.8, 4) is 11.5 Å². The van der Waals surface area contributed by atoms with Crippen LogP contribution in [-0.2, 0) is 6.61 Å². The molecule has 0 radical (unpaired) electrons. The van der Waals surface area contributed by atoms with Crippen LogP contribution < -0.4 is 19.7 Å². The van der Waals surface area contributed by atoms with E-state index in [1.165, 1.54) is 4.90 Å². The van der Waals surface area contributed by atoms with E-state index in [0.29, 0.717) is 57.5 Å². The molecule has 0 atom stereocenters. The van der Waals surface area contributed by atoms with Crippen molar-refractivity contribution in [1.82, 2.24) is 9.97 Å². The first-order valence-electron chi connectivity index (χ1n) is 13.1. The first-order chi connectivity index (χ1) is 19.9. The number of anilines is 3. The maximum Gasteiger partial charge on any atom is 0.266 e. The van der Waals surface area contributed by atoms with E-state index >= 15 is 0 Å². The van der Waals surface area contributed by atoms with Gasteiger partial charge in [-0.2, -0.15) is 0 Å². The molecule has 2 aromatic heterocycles. The Labute approximate surface area is 241 Å². The Morgan fingerprint density at radius 2 is 1.63 bits per heavy atom. The number of imide groups is 1. The van der Waals surface area contributed by atoms with Gasteiger partial charge in [-0.05, 0) is 67.9 Å². The zero-order valence-corrected chi connectivity index (χ0v) is 23.1. The summed E-state index contributed by atoms with van der Waals surface area (Å²) in [6, 6.07) is 21.4. The quantitative estimate of drug-likeness (QED) is 0.201. The van der Waals surface area contributed by atoms with Crippen LogP contribution >= 0.6 is 11.6 Å². The minimum atomic E-state index is -0.394. The molecule has 8 nitrogen and oxygen atoms in total. The maximum atomic E-state index is 13.3. The second-order valence-corrected chi connectivity index (χ2v) is 9.86. The van der Waals surface area contributed by atoms with Crippen molar-refractivity contribution in [3.63, 3.8) is 0 Å². The van der Waals surface area contributed by atoms with Gasteiger partial charge in [0.2, 0.25) is 0 Å². The van der Waals surface area contributed by atoms with Crippen LogP contribution in [0.3, 0.4) is 0 Å². The summed E-state index contributed by atoms with van der Waals surface area (Å²) >= 11 is 6.57. The van der Waals surface area contributed by atoms with Crippen LogP contribution in [0.5, 0.6) is 11.5 Å². The lowest BCUT2D eigenvalue weighted by Crippen LogP contribution is -2.30. The third-order valence-electron chi connectivity index (χ3n) is 6.78. The largest absolute Gasteiger partial charge is 0.492 e. The number of halogens is 1. The number of nitrogens with one attached hydrogen (secondary N) is 1. The molecule has 41 heavy (non-hydrogen) atoms. The van der Waals surface area contributed by atoms with Gasteiger partial charge < -0.3 is 14.8 Å². The number of amides is 2. The normalized spacial score (nSPS) is 12.5. The fourth-order valence-corrected chi connectivity index (χ4v) is 5.04. The minimum absolute atomic E-state index is 0.296. The zero-order valence-electron chi connectivity index (χ0n) is 22.3. The fourth-order valence-electron chi connectivity index (χ4n) is 4.80. The summed E-state index contributed by atoms with van der Waals surface area (Å²) in [6.45, 7) is 4.42. The summed E-state index contributed by atoms with van der Waals surface area (Å²) in [6.07, 6.45) is 3.47. The summed E-state index contributed by atoms with van der Waals surface area (Å²) in [5.74, 6) is 0.144. The highest BCUT2D eigenvalue weighted by molar-refractivity contribution is 6.35. The number of aromatic nitrogens is 2. The van der Waals surface area contributed by atoms with Crippen LogP contribution in [0.1, 0.15) is 38.9 Å². The molecular weight excluding hydrogens is 540 g/mol. The van der Waals surface area contributed by atoms with Crippen molar-refractivity contribution in [1.29, 1.82) is 0 Å². The van der Waals surface area contributed by atoms with Crippen molar-refractivity contribution in [2.45, 2.75) is 20.5 Å². The highest BCUT2D eigenvalue weighted by Crippen LogP contribution is 2.41. The number of pyridine rings is 2. The van der Waals surface area contributed by atoms with Gasteiger partial charge in [0.05, 0.1) is 45.3 Å². The molecule has 0 saturated carbocycles. The van der Waals surface area contributed by atoms with Crippen LogP contribution in [-0.4, -0.2) is 28.4 Å². The zero-order chi connectivity index (χ0) is 28.5. The highest BCUT2D eigenvalue weighted by atomic mass is 35.5. The summed E-state index contributed by atoms with van der Waals surface area (Å²) in [5.41, 5.74) is 4.87. The van der Waals surface area contributed by atoms with E-state index in [0.717, 1.165) is 22.6 Å². The van der Waals surface area contributed by atoms with Crippen molar-refractivity contribution in [2.75, 3.05) is 16.8 Å². The second-order valence-electron chi connectivity index (χ2n) is 9.46. The molecule has 1 N–H and O–H groups in total. The minimum Gasteiger partial charge on any atom is -0.492 e. The SMILES string of the molecule is CCOc1cc2ncc(C)c(Nc3ccc(OCc4ccccn4)c(Cl)c3)c2cc1N1C(=O)c2ccccc2C1=O. The molecule has 0 fully saturated rings. The van der Waals surface area contributed by atoms with E-state index in [-0.39, 0.29) is 0 Å². The number of carbonyl (C=O) groups excluding carboxylic acids is 2. The number of fused-ring (bicyclic) bond motifs is 2. The monoisotopic (exact) mass is 564 g/mol. The lowest BCUT2D eigenvalue weighted by molar-refractivity contribution is 0.0925. The van der Waals surface area contributed by atoms with Gasteiger partial charge in [0, 0.05) is 29.5 Å². The third kappa shape index (κ3) is 4.94. The molecule has 204 valence electrons. The van der Waals surface area contributed by atoms with Gasteiger partial charge in [0.1, 0.15) is 18.1 Å². The summed E-state index contributed by atoms with van der Waals surface area (Å²) in [7, 11) is 0. The molecule has 5 aromatic rings. The number of hydrogen-bond donors (Lipinski definition) is 1. The first-order valence-corrected chi connectivity index (χ1v) is 13.5. The van der Waals surface area contributed by atoms with E-state index in [1.54, 1.807) is 60.9 Å². The molecule has 3 aromatic carbocycles. The molecule has 0 spiro atoms. The third-order valence-corrected chi connectivity index (χ3v) is 7.07. The van der Waals surface area contributed by atoms with Gasteiger partial charge in [-0.1, -0.05) is 29.8 Å². The van der Waals surface area contributed by atoms with Gasteiger partial charge in [-0.15, -0.1) is 0 Å². The number of benzene rings is 3. The number of ether oxygens (including phenoxy) is 2. The Bertz CT molecular complexity index is 1770. The summed E-state index contributed by atoms with van der Waals surface area (Å²) in [4.78, 5) is 36.7. The molecule has 2 amide bonds. The molecule has 0 saturated heterocycles. The van der Waals surface area contributed by atoms with Gasteiger partial charge in [0.15, 0.2) is 0 Å². The van der Waals surface area contributed by atoms with Crippen LogP contribution in [0.25, 0.3) is 10.9 Å². The molecule has 3 heterocycles. The van der Waals surface area contributed by atoms with Crippen LogP contribution in [0, 0.1) is 6.92 Å². The number of hydrogen-bond acceptors (Lipinski definition) is 7. The summed E-state index contributed by atoms with van der Waals surface area (Å²) in [5, 5.41) is 4.60. The average molecular weight is 565 g/mol. The molecule has 1 aliphatic heterocycles. The Kier molecular flexibility index (Phi) is 6.99. The number of carbonyl (C=O) groups is 2. The number of nitrogens with zero attached hydrogens (tertiary/aromatic N) is 3. The Hall–Kier alpha value is -4.95. The van der Waals surface area contributed by atoms with Crippen molar-refractivity contribution >= 4 is 51.4 Å². The van der Waals surface area contributed by atoms with Crippen LogP contribution in [0.4, 0.5) is 17.1 Å². The highest BCUT2D eigenvalue weighted by Gasteiger charge is 2.38. The van der Waals surface area contributed by atoms with E-state index < -0.39 is 11.8 Å². The van der Waals surface area contributed by atoms with E-state index in [1.807, 2.05) is 38.1 Å². The van der Waals surface area contributed by atoms with E-state index in [2.05, 4.69) is 15.3 Å².